The van der Waals surface area contributed by atoms with Crippen LogP contribution in [-0.4, -0.2) is 34.7 Å². The Balaban J connectivity index is 2.07. The highest BCUT2D eigenvalue weighted by molar-refractivity contribution is 7.99. The van der Waals surface area contributed by atoms with E-state index in [0.29, 0.717) is 11.6 Å². The maximum absolute atomic E-state index is 9.06. The molecular formula is C20H20N4O2S. The van der Waals surface area contributed by atoms with Gasteiger partial charge in [0.15, 0.2) is 11.0 Å². The highest BCUT2D eigenvalue weighted by Crippen LogP contribution is 2.31. The molecule has 3 rings (SSSR count). The molecule has 0 radical (unpaired) electrons. The fraction of sp³-hybridized carbons (Fsp3) is 0.250. The highest BCUT2D eigenvalue weighted by Gasteiger charge is 2.17. The van der Waals surface area contributed by atoms with Gasteiger partial charge in [0.05, 0.1) is 26.2 Å². The molecule has 0 unspecified atom stereocenters. The lowest BCUT2D eigenvalue weighted by molar-refractivity contribution is 0.414. The topological polar surface area (TPSA) is 73.0 Å². The Morgan fingerprint density at radius 1 is 1.07 bits per heavy atom. The van der Waals surface area contributed by atoms with E-state index >= 15 is 0 Å². The van der Waals surface area contributed by atoms with Gasteiger partial charge in [-0.15, -0.1) is 10.2 Å². The van der Waals surface area contributed by atoms with E-state index < -0.39 is 0 Å². The predicted molar refractivity (Wildman–Crippen MR) is 105 cm³/mol. The first-order valence-corrected chi connectivity index (χ1v) is 9.41. The summed E-state index contributed by atoms with van der Waals surface area (Å²) >= 11 is 1.51. The molecule has 3 aromatic rings. The summed E-state index contributed by atoms with van der Waals surface area (Å²) in [5.41, 5.74) is 1.82. The van der Waals surface area contributed by atoms with Crippen LogP contribution in [0.5, 0.6) is 11.5 Å². The van der Waals surface area contributed by atoms with Crippen LogP contribution in [0.15, 0.2) is 53.7 Å². The van der Waals surface area contributed by atoms with Gasteiger partial charge in [-0.05, 0) is 43.3 Å². The Kier molecular flexibility index (Phi) is 5.99. The molecule has 6 nitrogen and oxygen atoms in total. The van der Waals surface area contributed by atoms with Gasteiger partial charge in [0.2, 0.25) is 0 Å². The minimum atomic E-state index is -0.0729. The number of methoxy groups -OCH3 is 2. The van der Waals surface area contributed by atoms with Crippen LogP contribution in [0, 0.1) is 17.2 Å². The van der Waals surface area contributed by atoms with Crippen molar-refractivity contribution in [2.45, 2.75) is 12.1 Å². The van der Waals surface area contributed by atoms with Gasteiger partial charge in [-0.1, -0.05) is 23.9 Å². The fourth-order valence-corrected chi connectivity index (χ4v) is 3.41. The Morgan fingerprint density at radius 2 is 1.81 bits per heavy atom. The number of thioether (sulfide) groups is 1. The van der Waals surface area contributed by atoms with E-state index in [1.54, 1.807) is 14.2 Å². The zero-order valence-electron chi connectivity index (χ0n) is 15.4. The first-order chi connectivity index (χ1) is 13.2. The average Bonchev–Trinajstić information content (AvgIpc) is 3.16. The van der Waals surface area contributed by atoms with Gasteiger partial charge in [0, 0.05) is 17.0 Å². The number of rotatable bonds is 7. The third-order valence-corrected chi connectivity index (χ3v) is 5.16. The van der Waals surface area contributed by atoms with Crippen LogP contribution in [0.1, 0.15) is 6.92 Å². The molecule has 0 aliphatic heterocycles. The fourth-order valence-electron chi connectivity index (χ4n) is 2.51. The SMILES string of the molecule is COc1ccc(-n2c(SC[C@H](C)C#N)nnc2-c2cccc(OC)c2)cc1. The van der Waals surface area contributed by atoms with E-state index in [1.807, 2.05) is 60.0 Å². The summed E-state index contributed by atoms with van der Waals surface area (Å²) in [5, 5.41) is 18.6. The first kappa shape index (κ1) is 18.8. The second kappa shape index (κ2) is 8.60. The van der Waals surface area contributed by atoms with Crippen molar-refractivity contribution >= 4 is 11.8 Å². The molecule has 0 fully saturated rings. The minimum absolute atomic E-state index is 0.0729. The molecule has 1 aromatic heterocycles. The molecule has 138 valence electrons. The quantitative estimate of drug-likeness (QED) is 0.572. The molecule has 27 heavy (non-hydrogen) atoms. The summed E-state index contributed by atoms with van der Waals surface area (Å²) in [6.07, 6.45) is 0. The Hall–Kier alpha value is -2.98. The standard InChI is InChI=1S/C20H20N4O2S/c1-14(12-21)13-27-20-23-22-19(15-5-4-6-18(11-15)26-3)24(20)16-7-9-17(25-2)10-8-16/h4-11,14H,13H2,1-3H3/t14-/m1/s1. The number of benzene rings is 2. The molecule has 0 spiro atoms. The average molecular weight is 380 g/mol. The van der Waals surface area contributed by atoms with Crippen LogP contribution in [-0.2, 0) is 0 Å². The van der Waals surface area contributed by atoms with E-state index in [9.17, 15) is 0 Å². The van der Waals surface area contributed by atoms with Crippen molar-refractivity contribution in [3.8, 4) is 34.6 Å². The van der Waals surface area contributed by atoms with Gasteiger partial charge in [-0.2, -0.15) is 5.26 Å². The minimum Gasteiger partial charge on any atom is -0.497 e. The number of ether oxygens (including phenoxy) is 2. The molecule has 2 aromatic carbocycles. The van der Waals surface area contributed by atoms with Crippen LogP contribution in [0.4, 0.5) is 0 Å². The summed E-state index contributed by atoms with van der Waals surface area (Å²) in [5.74, 6) is 2.82. The number of hydrogen-bond donors (Lipinski definition) is 0. The van der Waals surface area contributed by atoms with Crippen LogP contribution in [0.25, 0.3) is 17.1 Å². The van der Waals surface area contributed by atoms with Crippen molar-refractivity contribution in [2.24, 2.45) is 5.92 Å². The maximum Gasteiger partial charge on any atom is 0.196 e. The van der Waals surface area contributed by atoms with Crippen LogP contribution in [0.3, 0.4) is 0 Å². The Bertz CT molecular complexity index is 947. The number of nitriles is 1. The monoisotopic (exact) mass is 380 g/mol. The van der Waals surface area contributed by atoms with Gasteiger partial charge in [0.25, 0.3) is 0 Å². The molecule has 0 saturated heterocycles. The molecule has 0 amide bonds. The van der Waals surface area contributed by atoms with Crippen molar-refractivity contribution in [2.75, 3.05) is 20.0 Å². The highest BCUT2D eigenvalue weighted by atomic mass is 32.2. The summed E-state index contributed by atoms with van der Waals surface area (Å²) in [4.78, 5) is 0. The number of nitrogens with zero attached hydrogens (tertiary/aromatic N) is 4. The smallest absolute Gasteiger partial charge is 0.196 e. The number of hydrogen-bond acceptors (Lipinski definition) is 6. The van der Waals surface area contributed by atoms with E-state index in [0.717, 1.165) is 27.9 Å². The lowest BCUT2D eigenvalue weighted by Gasteiger charge is -2.12. The zero-order chi connectivity index (χ0) is 19.2. The second-order valence-corrected chi connectivity index (χ2v) is 6.90. The summed E-state index contributed by atoms with van der Waals surface area (Å²) in [6, 6.07) is 17.7. The summed E-state index contributed by atoms with van der Waals surface area (Å²) in [6.45, 7) is 1.89. The third kappa shape index (κ3) is 4.23. The van der Waals surface area contributed by atoms with Crippen LogP contribution < -0.4 is 9.47 Å². The molecule has 0 saturated carbocycles. The molecule has 0 aliphatic rings. The molecule has 0 aliphatic carbocycles. The summed E-state index contributed by atoms with van der Waals surface area (Å²) < 4.78 is 12.6. The molecule has 7 heteroatoms. The van der Waals surface area contributed by atoms with Gasteiger partial charge in [0.1, 0.15) is 11.5 Å². The molecular weight excluding hydrogens is 360 g/mol. The normalized spacial score (nSPS) is 11.6. The van der Waals surface area contributed by atoms with Gasteiger partial charge < -0.3 is 9.47 Å². The maximum atomic E-state index is 9.06. The van der Waals surface area contributed by atoms with Crippen molar-refractivity contribution < 1.29 is 9.47 Å². The molecule has 0 N–H and O–H groups in total. The van der Waals surface area contributed by atoms with E-state index in [2.05, 4.69) is 16.3 Å². The van der Waals surface area contributed by atoms with E-state index in [4.69, 9.17) is 14.7 Å². The van der Waals surface area contributed by atoms with Crippen molar-refractivity contribution in [3.05, 3.63) is 48.5 Å². The van der Waals surface area contributed by atoms with Crippen molar-refractivity contribution in [3.63, 3.8) is 0 Å². The Morgan fingerprint density at radius 3 is 2.48 bits per heavy atom. The van der Waals surface area contributed by atoms with Crippen LogP contribution in [0.2, 0.25) is 0 Å². The molecule has 1 atom stereocenters. The van der Waals surface area contributed by atoms with Gasteiger partial charge in [-0.3, -0.25) is 4.57 Å². The second-order valence-electron chi connectivity index (χ2n) is 5.91. The lowest BCUT2D eigenvalue weighted by atomic mass is 10.2. The molecule has 0 bridgehead atoms. The largest absolute Gasteiger partial charge is 0.497 e. The van der Waals surface area contributed by atoms with E-state index in [-0.39, 0.29) is 5.92 Å². The van der Waals surface area contributed by atoms with Crippen molar-refractivity contribution in [1.82, 2.24) is 14.8 Å². The van der Waals surface area contributed by atoms with Crippen molar-refractivity contribution in [1.29, 1.82) is 5.26 Å². The lowest BCUT2D eigenvalue weighted by Crippen LogP contribution is -2.02. The zero-order valence-corrected chi connectivity index (χ0v) is 16.2. The van der Waals surface area contributed by atoms with Crippen LogP contribution >= 0.6 is 11.8 Å². The first-order valence-electron chi connectivity index (χ1n) is 8.43. The third-order valence-electron chi connectivity index (χ3n) is 3.97. The Labute approximate surface area is 162 Å². The predicted octanol–water partition coefficient (Wildman–Crippen LogP) is 4.20. The van der Waals surface area contributed by atoms with Gasteiger partial charge >= 0.3 is 0 Å². The van der Waals surface area contributed by atoms with Gasteiger partial charge in [-0.25, -0.2) is 0 Å². The van der Waals surface area contributed by atoms with E-state index in [1.165, 1.54) is 11.8 Å². The molecule has 1 heterocycles. The number of aromatic nitrogens is 3. The summed E-state index contributed by atoms with van der Waals surface area (Å²) in [7, 11) is 3.28.